The van der Waals surface area contributed by atoms with Crippen molar-refractivity contribution in [1.29, 1.82) is 0 Å². The first kappa shape index (κ1) is 13.0. The highest BCUT2D eigenvalue weighted by Gasteiger charge is 2.16. The second-order valence-electron chi connectivity index (χ2n) is 4.50. The van der Waals surface area contributed by atoms with Crippen molar-refractivity contribution >= 4 is 16.6 Å². The normalized spacial score (nSPS) is 10.7. The minimum absolute atomic E-state index is 0.0676. The van der Waals surface area contributed by atoms with Crippen molar-refractivity contribution in [3.63, 3.8) is 0 Å². The molecule has 104 valence electrons. The number of aromatic amines is 1. The Balaban J connectivity index is 2.45. The van der Waals surface area contributed by atoms with Gasteiger partial charge in [-0.25, -0.2) is 4.39 Å². The molecule has 0 aliphatic heterocycles. The van der Waals surface area contributed by atoms with E-state index in [2.05, 4.69) is 4.98 Å². The molecular weight excluding hydrogens is 275 g/mol. The number of non-ortho nitro benzene ring substituents is 1. The van der Waals surface area contributed by atoms with Crippen LogP contribution in [0.3, 0.4) is 0 Å². The van der Waals surface area contributed by atoms with E-state index >= 15 is 0 Å². The van der Waals surface area contributed by atoms with Gasteiger partial charge in [0.05, 0.1) is 4.92 Å². The second-order valence-corrected chi connectivity index (χ2v) is 4.50. The SMILES string of the molecule is O=c1[nH]c2ccc([N+](=O)[O-])cc2c(-c2ccccc2)c1F. The van der Waals surface area contributed by atoms with Crippen molar-refractivity contribution in [1.82, 2.24) is 4.98 Å². The summed E-state index contributed by atoms with van der Waals surface area (Å²) in [5, 5.41) is 11.2. The van der Waals surface area contributed by atoms with Crippen molar-refractivity contribution in [2.24, 2.45) is 0 Å². The smallest absolute Gasteiger partial charge is 0.285 e. The Morgan fingerprint density at radius 2 is 1.81 bits per heavy atom. The lowest BCUT2D eigenvalue weighted by molar-refractivity contribution is -0.384. The van der Waals surface area contributed by atoms with Gasteiger partial charge in [0.15, 0.2) is 5.82 Å². The van der Waals surface area contributed by atoms with Gasteiger partial charge in [-0.2, -0.15) is 0 Å². The number of benzene rings is 2. The van der Waals surface area contributed by atoms with Gasteiger partial charge in [0, 0.05) is 28.6 Å². The average molecular weight is 284 g/mol. The quantitative estimate of drug-likeness (QED) is 0.579. The van der Waals surface area contributed by atoms with E-state index < -0.39 is 16.3 Å². The molecule has 1 heterocycles. The van der Waals surface area contributed by atoms with Gasteiger partial charge in [-0.15, -0.1) is 0 Å². The van der Waals surface area contributed by atoms with Gasteiger partial charge in [0.1, 0.15) is 0 Å². The summed E-state index contributed by atoms with van der Waals surface area (Å²) in [7, 11) is 0. The van der Waals surface area contributed by atoms with Gasteiger partial charge in [-0.1, -0.05) is 30.3 Å². The van der Waals surface area contributed by atoms with Crippen LogP contribution >= 0.6 is 0 Å². The number of rotatable bonds is 2. The number of pyridine rings is 1. The Kier molecular flexibility index (Phi) is 2.98. The summed E-state index contributed by atoms with van der Waals surface area (Å²) in [6, 6.07) is 12.4. The van der Waals surface area contributed by atoms with E-state index in [1.165, 1.54) is 18.2 Å². The van der Waals surface area contributed by atoms with E-state index in [4.69, 9.17) is 0 Å². The molecule has 0 spiro atoms. The van der Waals surface area contributed by atoms with Gasteiger partial charge in [-0.05, 0) is 11.6 Å². The standard InChI is InChI=1S/C15H9FN2O3/c16-14-13(9-4-2-1-3-5-9)11-8-10(18(20)21)6-7-12(11)17-15(14)19/h1-8H,(H,17,19). The van der Waals surface area contributed by atoms with E-state index in [1.54, 1.807) is 30.3 Å². The van der Waals surface area contributed by atoms with Crippen LogP contribution in [0.25, 0.3) is 22.0 Å². The zero-order valence-corrected chi connectivity index (χ0v) is 10.7. The zero-order valence-electron chi connectivity index (χ0n) is 10.7. The third kappa shape index (κ3) is 2.16. The maximum Gasteiger partial charge on any atom is 0.285 e. The Bertz CT molecular complexity index is 904. The second kappa shape index (κ2) is 4.82. The number of aromatic nitrogens is 1. The molecule has 6 heteroatoms. The number of hydrogen-bond acceptors (Lipinski definition) is 3. The molecule has 0 atom stereocenters. The van der Waals surface area contributed by atoms with E-state index in [0.717, 1.165) is 0 Å². The first-order chi connectivity index (χ1) is 10.1. The molecule has 0 radical (unpaired) electrons. The summed E-state index contributed by atoms with van der Waals surface area (Å²) in [5.41, 5.74) is -0.100. The molecule has 0 fully saturated rings. The van der Waals surface area contributed by atoms with Gasteiger partial charge < -0.3 is 4.98 Å². The fraction of sp³-hybridized carbons (Fsp3) is 0. The molecule has 0 bridgehead atoms. The molecular formula is C15H9FN2O3. The fourth-order valence-electron chi connectivity index (χ4n) is 2.26. The maximum absolute atomic E-state index is 14.2. The Morgan fingerprint density at radius 1 is 1.10 bits per heavy atom. The van der Waals surface area contributed by atoms with Gasteiger partial charge in [0.25, 0.3) is 11.2 Å². The van der Waals surface area contributed by atoms with Crippen LogP contribution in [0.2, 0.25) is 0 Å². The highest BCUT2D eigenvalue weighted by Crippen LogP contribution is 2.30. The predicted molar refractivity (Wildman–Crippen MR) is 76.6 cm³/mol. The van der Waals surface area contributed by atoms with Crippen LogP contribution in [0.1, 0.15) is 0 Å². The number of fused-ring (bicyclic) bond motifs is 1. The average Bonchev–Trinajstić information content (AvgIpc) is 2.49. The maximum atomic E-state index is 14.2. The summed E-state index contributed by atoms with van der Waals surface area (Å²) in [5.74, 6) is -0.950. The monoisotopic (exact) mass is 284 g/mol. The molecule has 0 aliphatic carbocycles. The first-order valence-electron chi connectivity index (χ1n) is 6.13. The van der Waals surface area contributed by atoms with Crippen LogP contribution < -0.4 is 5.56 Å². The molecule has 1 aromatic heterocycles. The highest BCUT2D eigenvalue weighted by molar-refractivity contribution is 5.95. The number of nitrogens with one attached hydrogen (secondary N) is 1. The molecule has 3 aromatic rings. The number of nitro benzene ring substituents is 1. The molecule has 3 rings (SSSR count). The summed E-state index contributed by atoms with van der Waals surface area (Å²) in [6.07, 6.45) is 0. The van der Waals surface area contributed by atoms with Gasteiger partial charge in [0.2, 0.25) is 0 Å². The van der Waals surface area contributed by atoms with E-state index in [9.17, 15) is 19.3 Å². The number of halogens is 1. The van der Waals surface area contributed by atoms with Crippen LogP contribution in [-0.4, -0.2) is 9.91 Å². The molecule has 0 saturated carbocycles. The highest BCUT2D eigenvalue weighted by atomic mass is 19.1. The number of H-pyrrole nitrogens is 1. The Hall–Kier alpha value is -3.02. The third-order valence-corrected chi connectivity index (χ3v) is 3.21. The largest absolute Gasteiger partial charge is 0.319 e. The van der Waals surface area contributed by atoms with Crippen molar-refractivity contribution in [2.45, 2.75) is 0 Å². The van der Waals surface area contributed by atoms with Crippen molar-refractivity contribution < 1.29 is 9.31 Å². The van der Waals surface area contributed by atoms with Crippen LogP contribution in [0, 0.1) is 15.9 Å². The van der Waals surface area contributed by atoms with Crippen molar-refractivity contribution in [2.75, 3.05) is 0 Å². The molecule has 0 amide bonds. The van der Waals surface area contributed by atoms with Crippen molar-refractivity contribution in [3.05, 3.63) is 74.8 Å². The van der Waals surface area contributed by atoms with E-state index in [1.807, 2.05) is 0 Å². The molecule has 0 aliphatic rings. The predicted octanol–water partition coefficient (Wildman–Crippen LogP) is 3.24. The lowest BCUT2D eigenvalue weighted by Crippen LogP contribution is -2.12. The number of nitrogens with zero attached hydrogens (tertiary/aromatic N) is 1. The molecule has 2 aromatic carbocycles. The summed E-state index contributed by atoms with van der Waals surface area (Å²) >= 11 is 0. The zero-order chi connectivity index (χ0) is 15.0. The molecule has 0 saturated heterocycles. The molecule has 1 N–H and O–H groups in total. The molecule has 0 unspecified atom stereocenters. The van der Waals surface area contributed by atoms with Crippen LogP contribution in [0.15, 0.2) is 53.3 Å². The topological polar surface area (TPSA) is 76.0 Å². The molecule has 21 heavy (non-hydrogen) atoms. The fourth-order valence-corrected chi connectivity index (χ4v) is 2.26. The lowest BCUT2D eigenvalue weighted by Gasteiger charge is -2.08. The van der Waals surface area contributed by atoms with E-state index in [0.29, 0.717) is 16.5 Å². The van der Waals surface area contributed by atoms with Gasteiger partial charge in [-0.3, -0.25) is 14.9 Å². The van der Waals surface area contributed by atoms with Crippen LogP contribution in [0.4, 0.5) is 10.1 Å². The minimum Gasteiger partial charge on any atom is -0.319 e. The summed E-state index contributed by atoms with van der Waals surface area (Å²) in [6.45, 7) is 0. The lowest BCUT2D eigenvalue weighted by atomic mass is 10.0. The Labute approximate surface area is 117 Å². The summed E-state index contributed by atoms with van der Waals surface area (Å²) < 4.78 is 14.2. The first-order valence-corrected chi connectivity index (χ1v) is 6.13. The number of nitro groups is 1. The molecule has 5 nitrogen and oxygen atoms in total. The van der Waals surface area contributed by atoms with Crippen LogP contribution in [0.5, 0.6) is 0 Å². The Morgan fingerprint density at radius 3 is 2.48 bits per heavy atom. The van der Waals surface area contributed by atoms with Crippen LogP contribution in [-0.2, 0) is 0 Å². The minimum atomic E-state index is -0.950. The van der Waals surface area contributed by atoms with Gasteiger partial charge >= 0.3 is 0 Å². The number of hydrogen-bond donors (Lipinski definition) is 1. The van der Waals surface area contributed by atoms with E-state index in [-0.39, 0.29) is 11.3 Å². The van der Waals surface area contributed by atoms with Crippen molar-refractivity contribution in [3.8, 4) is 11.1 Å². The third-order valence-electron chi connectivity index (χ3n) is 3.21. The summed E-state index contributed by atoms with van der Waals surface area (Å²) in [4.78, 5) is 24.4.